The van der Waals surface area contributed by atoms with Gasteiger partial charge in [-0.15, -0.1) is 0 Å². The van der Waals surface area contributed by atoms with E-state index in [0.717, 1.165) is 35.7 Å². The molecule has 2 N–H and O–H groups in total. The molecule has 2 atom stereocenters. The van der Waals surface area contributed by atoms with Gasteiger partial charge in [-0.1, -0.05) is 19.0 Å². The smallest absolute Gasteiger partial charge is 0.231 e. The maximum absolute atomic E-state index is 9.35. The minimum atomic E-state index is 0.177. The molecule has 0 radical (unpaired) electrons. The van der Waals surface area contributed by atoms with Gasteiger partial charge in [-0.05, 0) is 17.5 Å². The zero-order valence-corrected chi connectivity index (χ0v) is 14.2. The summed E-state index contributed by atoms with van der Waals surface area (Å²) < 4.78 is 16.8. The number of oxime groups is 1. The van der Waals surface area contributed by atoms with Gasteiger partial charge >= 0.3 is 0 Å². The molecule has 0 aliphatic carbocycles. The van der Waals surface area contributed by atoms with Crippen molar-refractivity contribution in [2.45, 2.75) is 32.7 Å². The second-order valence-electron chi connectivity index (χ2n) is 6.57. The molecule has 1 aromatic carbocycles. The van der Waals surface area contributed by atoms with Crippen molar-refractivity contribution in [3.63, 3.8) is 0 Å². The van der Waals surface area contributed by atoms with E-state index < -0.39 is 0 Å². The molecule has 0 spiro atoms. The van der Waals surface area contributed by atoms with Gasteiger partial charge in [0, 0.05) is 12.8 Å². The summed E-state index contributed by atoms with van der Waals surface area (Å²) >= 11 is 0. The number of rotatable bonds is 4. The van der Waals surface area contributed by atoms with Crippen molar-refractivity contribution in [2.24, 2.45) is 11.1 Å². The highest BCUT2D eigenvalue weighted by atomic mass is 16.7. The van der Waals surface area contributed by atoms with Gasteiger partial charge in [0.15, 0.2) is 11.5 Å². The number of hydrogen-bond acceptors (Lipinski definition) is 5. The number of likely N-dealkylation sites (N-methyl/N-ethyl adjacent to an activating group) is 1. The zero-order chi connectivity index (χ0) is 16.6. The van der Waals surface area contributed by atoms with Gasteiger partial charge in [0.2, 0.25) is 12.5 Å². The SMILES string of the molecule is COc1c2c(cc3c1[C@H](CC(=NO)C(C)C)[NH+](C)CC3)OCO2. The van der Waals surface area contributed by atoms with Crippen molar-refractivity contribution in [3.05, 3.63) is 17.2 Å². The Bertz CT molecular complexity index is 628. The predicted molar refractivity (Wildman–Crippen MR) is 86.0 cm³/mol. The summed E-state index contributed by atoms with van der Waals surface area (Å²) in [7, 11) is 3.84. The Morgan fingerprint density at radius 2 is 2.26 bits per heavy atom. The number of ether oxygens (including phenoxy) is 3. The maximum atomic E-state index is 9.35. The highest BCUT2D eigenvalue weighted by molar-refractivity contribution is 5.86. The van der Waals surface area contributed by atoms with Crippen molar-refractivity contribution in [1.29, 1.82) is 0 Å². The van der Waals surface area contributed by atoms with Gasteiger partial charge in [-0.2, -0.15) is 0 Å². The van der Waals surface area contributed by atoms with Crippen LogP contribution in [-0.2, 0) is 6.42 Å². The Morgan fingerprint density at radius 1 is 1.48 bits per heavy atom. The molecule has 23 heavy (non-hydrogen) atoms. The first-order valence-electron chi connectivity index (χ1n) is 8.09. The van der Waals surface area contributed by atoms with E-state index in [-0.39, 0.29) is 18.8 Å². The first kappa shape index (κ1) is 15.9. The van der Waals surface area contributed by atoms with Crippen LogP contribution in [0.25, 0.3) is 0 Å². The summed E-state index contributed by atoms with van der Waals surface area (Å²) in [5, 5.41) is 12.9. The van der Waals surface area contributed by atoms with E-state index in [1.54, 1.807) is 7.11 Å². The topological polar surface area (TPSA) is 64.7 Å². The lowest BCUT2D eigenvalue weighted by atomic mass is 9.86. The number of benzene rings is 1. The van der Waals surface area contributed by atoms with E-state index >= 15 is 0 Å². The minimum Gasteiger partial charge on any atom is -0.492 e. The molecule has 0 saturated carbocycles. The Morgan fingerprint density at radius 3 is 2.91 bits per heavy atom. The normalized spacial score (nSPS) is 23.1. The van der Waals surface area contributed by atoms with E-state index in [0.29, 0.717) is 12.2 Å². The van der Waals surface area contributed by atoms with Crippen LogP contribution in [0.3, 0.4) is 0 Å². The molecular weight excluding hydrogens is 296 g/mol. The summed E-state index contributed by atoms with van der Waals surface area (Å²) in [6.07, 6.45) is 1.67. The van der Waals surface area contributed by atoms with Crippen molar-refractivity contribution >= 4 is 5.71 Å². The van der Waals surface area contributed by atoms with Crippen LogP contribution in [0.1, 0.15) is 37.4 Å². The van der Waals surface area contributed by atoms with Gasteiger partial charge in [-0.25, -0.2) is 0 Å². The molecule has 0 amide bonds. The Kier molecular flexibility index (Phi) is 4.35. The van der Waals surface area contributed by atoms with Crippen LogP contribution in [0.5, 0.6) is 17.2 Å². The summed E-state index contributed by atoms with van der Waals surface area (Å²) in [5.41, 5.74) is 3.20. The molecule has 0 saturated heterocycles. The van der Waals surface area contributed by atoms with Gasteiger partial charge < -0.3 is 24.3 Å². The molecular formula is C17H25N2O4+. The van der Waals surface area contributed by atoms with Crippen molar-refractivity contribution < 1.29 is 24.3 Å². The highest BCUT2D eigenvalue weighted by Gasteiger charge is 2.37. The van der Waals surface area contributed by atoms with Crippen LogP contribution in [0.15, 0.2) is 11.2 Å². The summed E-state index contributed by atoms with van der Waals surface area (Å²) in [4.78, 5) is 1.39. The number of hydrogen-bond donors (Lipinski definition) is 2. The maximum Gasteiger partial charge on any atom is 0.231 e. The predicted octanol–water partition coefficient (Wildman–Crippen LogP) is 1.41. The number of fused-ring (bicyclic) bond motifs is 2. The molecule has 2 aliphatic rings. The summed E-state index contributed by atoms with van der Waals surface area (Å²) in [6, 6.07) is 2.25. The molecule has 0 fully saturated rings. The third-order valence-electron chi connectivity index (χ3n) is 4.89. The van der Waals surface area contributed by atoms with E-state index in [4.69, 9.17) is 14.2 Å². The van der Waals surface area contributed by atoms with Crippen LogP contribution >= 0.6 is 0 Å². The molecule has 3 rings (SSSR count). The van der Waals surface area contributed by atoms with Gasteiger partial charge in [0.1, 0.15) is 6.04 Å². The second-order valence-corrected chi connectivity index (χ2v) is 6.57. The van der Waals surface area contributed by atoms with Crippen molar-refractivity contribution in [3.8, 4) is 17.2 Å². The lowest BCUT2D eigenvalue weighted by molar-refractivity contribution is -0.913. The standard InChI is InChI=1S/C17H24N2O4/c1-10(2)12(18-20)8-13-15-11(5-6-19(13)3)7-14-16(17(15)21-4)23-9-22-14/h7,10,13,20H,5-6,8-9H2,1-4H3/p+1/t13-/m0/s1. The Hall–Kier alpha value is -1.95. The Labute approximate surface area is 136 Å². The van der Waals surface area contributed by atoms with E-state index in [2.05, 4.69) is 18.3 Å². The number of nitrogens with zero attached hydrogens (tertiary/aromatic N) is 1. The quantitative estimate of drug-likeness (QED) is 0.500. The number of methoxy groups -OCH3 is 1. The van der Waals surface area contributed by atoms with Gasteiger partial charge in [0.25, 0.3) is 0 Å². The molecule has 2 aliphatic heterocycles. The van der Waals surface area contributed by atoms with E-state index in [1.165, 1.54) is 10.5 Å². The Balaban J connectivity index is 2.07. The van der Waals surface area contributed by atoms with Crippen LogP contribution < -0.4 is 19.1 Å². The van der Waals surface area contributed by atoms with E-state index in [9.17, 15) is 5.21 Å². The number of nitrogens with one attached hydrogen (secondary N) is 1. The summed E-state index contributed by atoms with van der Waals surface area (Å²) in [5.74, 6) is 2.43. The van der Waals surface area contributed by atoms with Crippen LogP contribution in [0, 0.1) is 5.92 Å². The number of quaternary nitrogens is 1. The third-order valence-corrected chi connectivity index (χ3v) is 4.89. The molecule has 6 heteroatoms. The molecule has 0 aromatic heterocycles. The first-order chi connectivity index (χ1) is 11.1. The van der Waals surface area contributed by atoms with Crippen LogP contribution in [0.2, 0.25) is 0 Å². The molecule has 1 aromatic rings. The lowest BCUT2D eigenvalue weighted by Gasteiger charge is -2.33. The average molecular weight is 321 g/mol. The first-order valence-corrected chi connectivity index (χ1v) is 8.09. The average Bonchev–Trinajstić information content (AvgIpc) is 2.99. The fourth-order valence-corrected chi connectivity index (χ4v) is 3.50. The van der Waals surface area contributed by atoms with Crippen LogP contribution in [0.4, 0.5) is 0 Å². The molecule has 6 nitrogen and oxygen atoms in total. The highest BCUT2D eigenvalue weighted by Crippen LogP contribution is 2.47. The molecule has 1 unspecified atom stereocenters. The fourth-order valence-electron chi connectivity index (χ4n) is 3.50. The van der Waals surface area contributed by atoms with Crippen molar-refractivity contribution in [2.75, 3.05) is 27.5 Å². The minimum absolute atomic E-state index is 0.177. The second kappa shape index (κ2) is 6.28. The molecule has 2 heterocycles. The molecule has 126 valence electrons. The van der Waals surface area contributed by atoms with Gasteiger partial charge in [-0.3, -0.25) is 0 Å². The molecule has 0 bridgehead atoms. The fraction of sp³-hybridized carbons (Fsp3) is 0.588. The van der Waals surface area contributed by atoms with Crippen LogP contribution in [-0.4, -0.2) is 38.4 Å². The summed E-state index contributed by atoms with van der Waals surface area (Å²) in [6.45, 7) is 5.35. The largest absolute Gasteiger partial charge is 0.492 e. The van der Waals surface area contributed by atoms with E-state index in [1.807, 2.05) is 13.8 Å². The van der Waals surface area contributed by atoms with Crippen molar-refractivity contribution in [1.82, 2.24) is 0 Å². The zero-order valence-electron chi connectivity index (χ0n) is 14.2. The lowest BCUT2D eigenvalue weighted by Crippen LogP contribution is -3.10. The third kappa shape index (κ3) is 2.72. The van der Waals surface area contributed by atoms with Gasteiger partial charge in [0.05, 0.1) is 32.0 Å². The monoisotopic (exact) mass is 321 g/mol.